The molecule has 1 saturated carbocycles. The molecule has 2 heterocycles. The largest absolute Gasteiger partial charge is 0.492 e. The summed E-state index contributed by atoms with van der Waals surface area (Å²) in [5, 5.41) is 7.91. The summed E-state index contributed by atoms with van der Waals surface area (Å²) in [6.07, 6.45) is 2.21. The number of benzene rings is 1. The van der Waals surface area contributed by atoms with Crippen LogP contribution in [0.5, 0.6) is 5.75 Å². The highest BCUT2D eigenvalue weighted by molar-refractivity contribution is 6.36. The van der Waals surface area contributed by atoms with Gasteiger partial charge in [0.25, 0.3) is 11.5 Å². The van der Waals surface area contributed by atoms with E-state index < -0.39 is 34.8 Å². The third-order valence-corrected chi connectivity index (χ3v) is 6.02. The fourth-order valence-corrected chi connectivity index (χ4v) is 4.14. The molecule has 4 rings (SSSR count). The number of aromatic amines is 1. The van der Waals surface area contributed by atoms with Crippen molar-refractivity contribution in [1.82, 2.24) is 20.8 Å². The second-order valence-electron chi connectivity index (χ2n) is 8.10. The molecule has 3 N–H and O–H groups in total. The molecule has 3 aromatic rings. The van der Waals surface area contributed by atoms with E-state index in [1.54, 1.807) is 19.9 Å². The highest BCUT2D eigenvalue weighted by Gasteiger charge is 2.52. The molecular weight excluding hydrogens is 502 g/mol. The second-order valence-corrected chi connectivity index (χ2v) is 8.94. The van der Waals surface area contributed by atoms with Crippen molar-refractivity contribution in [1.29, 1.82) is 0 Å². The van der Waals surface area contributed by atoms with Crippen LogP contribution in [0.1, 0.15) is 49.0 Å². The summed E-state index contributed by atoms with van der Waals surface area (Å²) in [6, 6.07) is 4.58. The number of pyridine rings is 1. The molecule has 0 unspecified atom stereocenters. The number of hydrogen-bond acceptors (Lipinski definition) is 6. The van der Waals surface area contributed by atoms with Gasteiger partial charge < -0.3 is 19.9 Å². The zero-order chi connectivity index (χ0) is 25.3. The Balaban J connectivity index is 1.50. The van der Waals surface area contributed by atoms with Crippen LogP contribution in [0.2, 0.25) is 10.0 Å². The summed E-state index contributed by atoms with van der Waals surface area (Å²) in [5.74, 6) is -1.74. The molecular formula is C23H21Cl2FN4O5. The van der Waals surface area contributed by atoms with Crippen LogP contribution in [0.4, 0.5) is 4.39 Å². The number of H-pyrrole nitrogens is 1. The Morgan fingerprint density at radius 2 is 2.03 bits per heavy atom. The topological polar surface area (TPSA) is 126 Å². The van der Waals surface area contributed by atoms with Crippen LogP contribution in [0.3, 0.4) is 0 Å². The second kappa shape index (κ2) is 9.71. The molecule has 0 aliphatic heterocycles. The Morgan fingerprint density at radius 1 is 1.29 bits per heavy atom. The Morgan fingerprint density at radius 3 is 2.63 bits per heavy atom. The summed E-state index contributed by atoms with van der Waals surface area (Å²) >= 11 is 12.4. The van der Waals surface area contributed by atoms with Crippen molar-refractivity contribution >= 4 is 35.0 Å². The van der Waals surface area contributed by atoms with Gasteiger partial charge in [-0.05, 0) is 44.9 Å². The van der Waals surface area contributed by atoms with E-state index in [1.807, 2.05) is 5.16 Å². The molecule has 184 valence electrons. The van der Waals surface area contributed by atoms with Crippen LogP contribution < -0.4 is 20.9 Å². The first-order valence-electron chi connectivity index (χ1n) is 10.7. The lowest BCUT2D eigenvalue weighted by Crippen LogP contribution is -2.49. The fourth-order valence-electron chi connectivity index (χ4n) is 3.59. The van der Waals surface area contributed by atoms with Crippen molar-refractivity contribution < 1.29 is 23.2 Å². The minimum Gasteiger partial charge on any atom is -0.492 e. The van der Waals surface area contributed by atoms with E-state index in [1.165, 1.54) is 18.3 Å². The average molecular weight is 523 g/mol. The van der Waals surface area contributed by atoms with Gasteiger partial charge in [0.05, 0.1) is 29.4 Å². The number of rotatable bonds is 8. The van der Waals surface area contributed by atoms with E-state index >= 15 is 4.39 Å². The quantitative estimate of drug-likeness (QED) is 0.410. The van der Waals surface area contributed by atoms with Crippen LogP contribution in [0.15, 0.2) is 39.8 Å². The lowest BCUT2D eigenvalue weighted by molar-refractivity contribution is -0.124. The van der Waals surface area contributed by atoms with Crippen LogP contribution in [-0.2, 0) is 4.79 Å². The van der Waals surface area contributed by atoms with Gasteiger partial charge in [-0.2, -0.15) is 5.16 Å². The molecule has 12 heteroatoms. The number of halogens is 3. The Kier molecular flexibility index (Phi) is 6.86. The number of carbonyl (C=O) groups excluding carboxylic acids is 2. The normalized spacial score (nSPS) is 14.8. The summed E-state index contributed by atoms with van der Waals surface area (Å²) in [4.78, 5) is 40.5. The Hall–Kier alpha value is -3.37. The molecule has 2 amide bonds. The van der Waals surface area contributed by atoms with Gasteiger partial charge in [-0.3, -0.25) is 19.4 Å². The van der Waals surface area contributed by atoms with E-state index in [4.69, 9.17) is 32.5 Å². The van der Waals surface area contributed by atoms with E-state index in [2.05, 4.69) is 15.6 Å². The molecule has 0 spiro atoms. The Labute approximate surface area is 208 Å². The minimum atomic E-state index is -1.17. The van der Waals surface area contributed by atoms with E-state index in [0.29, 0.717) is 41.3 Å². The molecule has 1 aromatic carbocycles. The molecule has 9 nitrogen and oxygen atoms in total. The summed E-state index contributed by atoms with van der Waals surface area (Å²) in [6.45, 7) is 3.72. The molecule has 35 heavy (non-hydrogen) atoms. The van der Waals surface area contributed by atoms with Crippen molar-refractivity contribution in [3.63, 3.8) is 0 Å². The minimum absolute atomic E-state index is 0.00643. The Bertz CT molecular complexity index is 1350. The van der Waals surface area contributed by atoms with Crippen molar-refractivity contribution in [3.8, 4) is 16.9 Å². The van der Waals surface area contributed by atoms with E-state index in [9.17, 15) is 14.4 Å². The number of nitrogens with zero attached hydrogens (tertiary/aromatic N) is 1. The highest BCUT2D eigenvalue weighted by atomic mass is 35.5. The van der Waals surface area contributed by atoms with E-state index in [-0.39, 0.29) is 16.5 Å². The van der Waals surface area contributed by atoms with Gasteiger partial charge in [0.1, 0.15) is 17.1 Å². The maximum absolute atomic E-state index is 15.1. The van der Waals surface area contributed by atoms with Crippen molar-refractivity contribution in [2.45, 2.75) is 38.3 Å². The van der Waals surface area contributed by atoms with E-state index in [0.717, 1.165) is 6.07 Å². The highest BCUT2D eigenvalue weighted by Crippen LogP contribution is 2.40. The number of carbonyl (C=O) groups is 2. The predicted octanol–water partition coefficient (Wildman–Crippen LogP) is 4.01. The summed E-state index contributed by atoms with van der Waals surface area (Å²) in [5.41, 5.74) is -0.850. The zero-order valence-electron chi connectivity index (χ0n) is 18.7. The summed E-state index contributed by atoms with van der Waals surface area (Å²) in [7, 11) is 0. The van der Waals surface area contributed by atoms with Gasteiger partial charge in [-0.1, -0.05) is 23.2 Å². The zero-order valence-corrected chi connectivity index (χ0v) is 20.2. The summed E-state index contributed by atoms with van der Waals surface area (Å²) < 4.78 is 25.4. The SMILES string of the molecule is CCOc1c(Cl)cc(Cl)cc1-c1cnc([C@@H](C)NC(=O)C2(NC(=O)c3cc(=O)[nH]o3)CC2)c(F)c1. The molecule has 2 aromatic heterocycles. The first kappa shape index (κ1) is 24.7. The molecule has 1 aliphatic carbocycles. The standard InChI is InChI=1S/C23H21Cl2FN4O5/c1-3-34-20-14(7-13(24)8-15(20)25)12-6-16(26)19(27-10-12)11(2)28-22(33)23(4-5-23)29-21(32)17-9-18(31)30-35-17/h6-11H,3-5H2,1-2H3,(H,28,33)(H,29,32)(H,30,31)/t11-/m1/s1. The number of nitrogens with one attached hydrogen (secondary N) is 3. The average Bonchev–Trinajstić information content (AvgIpc) is 3.45. The molecule has 0 bridgehead atoms. The van der Waals surface area contributed by atoms with Crippen LogP contribution in [-0.4, -0.2) is 34.1 Å². The van der Waals surface area contributed by atoms with Gasteiger partial charge >= 0.3 is 0 Å². The van der Waals surface area contributed by atoms with Crippen LogP contribution in [0.25, 0.3) is 11.1 Å². The third-order valence-electron chi connectivity index (χ3n) is 5.52. The van der Waals surface area contributed by atoms with Crippen LogP contribution >= 0.6 is 23.2 Å². The maximum atomic E-state index is 15.1. The van der Waals surface area contributed by atoms with Crippen molar-refractivity contribution in [2.24, 2.45) is 0 Å². The number of ether oxygens (including phenoxy) is 1. The van der Waals surface area contributed by atoms with Gasteiger partial charge in [0, 0.05) is 22.3 Å². The fraction of sp³-hybridized carbons (Fsp3) is 0.304. The van der Waals surface area contributed by atoms with Gasteiger partial charge in [-0.15, -0.1) is 0 Å². The van der Waals surface area contributed by atoms with Crippen LogP contribution in [0, 0.1) is 5.82 Å². The smallest absolute Gasteiger partial charge is 0.290 e. The lowest BCUT2D eigenvalue weighted by Gasteiger charge is -2.21. The van der Waals surface area contributed by atoms with Crippen molar-refractivity contribution in [3.05, 3.63) is 68.1 Å². The molecule has 1 aliphatic rings. The maximum Gasteiger partial charge on any atom is 0.290 e. The molecule has 1 atom stereocenters. The number of hydrogen-bond donors (Lipinski definition) is 3. The number of amides is 2. The van der Waals surface area contributed by atoms with Crippen molar-refractivity contribution in [2.75, 3.05) is 6.61 Å². The monoisotopic (exact) mass is 522 g/mol. The van der Waals surface area contributed by atoms with Gasteiger partial charge in [-0.25, -0.2) is 4.39 Å². The number of aromatic nitrogens is 2. The molecule has 0 radical (unpaired) electrons. The first-order valence-corrected chi connectivity index (χ1v) is 11.5. The van der Waals surface area contributed by atoms with Gasteiger partial charge in [0.15, 0.2) is 0 Å². The molecule has 1 fully saturated rings. The molecule has 0 saturated heterocycles. The first-order chi connectivity index (χ1) is 16.6. The predicted molar refractivity (Wildman–Crippen MR) is 126 cm³/mol. The third kappa shape index (κ3) is 5.18. The van der Waals surface area contributed by atoms with Gasteiger partial charge in [0.2, 0.25) is 11.7 Å². The lowest BCUT2D eigenvalue weighted by atomic mass is 10.0.